The van der Waals surface area contributed by atoms with Crippen molar-refractivity contribution in [3.8, 4) is 0 Å². The third kappa shape index (κ3) is 4.62. The van der Waals surface area contributed by atoms with Gasteiger partial charge in [-0.2, -0.15) is 13.2 Å². The number of amides is 2. The monoisotopic (exact) mass is 428 g/mol. The molecule has 0 radical (unpaired) electrons. The summed E-state index contributed by atoms with van der Waals surface area (Å²) in [5.41, 5.74) is -1.99. The van der Waals surface area contributed by atoms with Crippen molar-refractivity contribution in [2.24, 2.45) is 5.92 Å². The zero-order valence-electron chi connectivity index (χ0n) is 17.1. The Morgan fingerprint density at radius 2 is 2.13 bits per heavy atom. The van der Waals surface area contributed by atoms with E-state index in [9.17, 15) is 22.8 Å². The first-order valence-electron chi connectivity index (χ1n) is 10.1. The van der Waals surface area contributed by atoms with Crippen molar-refractivity contribution in [3.63, 3.8) is 0 Å². The molecule has 0 bridgehead atoms. The highest BCUT2D eigenvalue weighted by atomic mass is 19.4. The van der Waals surface area contributed by atoms with E-state index < -0.39 is 35.3 Å². The van der Waals surface area contributed by atoms with Crippen LogP contribution in [0.25, 0.3) is 0 Å². The van der Waals surface area contributed by atoms with E-state index in [0.29, 0.717) is 19.4 Å². The van der Waals surface area contributed by atoms with E-state index in [1.54, 1.807) is 0 Å². The molecule has 2 aliphatic rings. The molecular formula is C21H27F3N2O4. The number of ether oxygens (including phenoxy) is 2. The Bertz CT molecular complexity index is 786. The summed E-state index contributed by atoms with van der Waals surface area (Å²) in [6.07, 6.45) is -1.69. The highest BCUT2D eigenvalue weighted by Gasteiger charge is 2.54. The Labute approximate surface area is 173 Å². The molecule has 2 amide bonds. The van der Waals surface area contributed by atoms with Gasteiger partial charge in [0, 0.05) is 19.2 Å². The molecule has 9 heteroatoms. The number of hydrogen-bond donors (Lipinski definition) is 1. The van der Waals surface area contributed by atoms with E-state index >= 15 is 0 Å². The van der Waals surface area contributed by atoms with Gasteiger partial charge in [0.05, 0.1) is 18.8 Å². The molecule has 0 unspecified atom stereocenters. The first-order chi connectivity index (χ1) is 14.2. The molecule has 6 nitrogen and oxygen atoms in total. The summed E-state index contributed by atoms with van der Waals surface area (Å²) in [4.78, 5) is 27.6. The fourth-order valence-corrected chi connectivity index (χ4v) is 4.37. The minimum absolute atomic E-state index is 0.0102. The normalized spacial score (nSPS) is 26.8. The second kappa shape index (κ2) is 8.93. The highest BCUT2D eigenvalue weighted by Crippen LogP contribution is 2.43. The second-order valence-corrected chi connectivity index (χ2v) is 8.01. The summed E-state index contributed by atoms with van der Waals surface area (Å²) in [6.45, 7) is 2.63. The Hall–Kier alpha value is -2.13. The number of hydrogen-bond acceptors (Lipinski definition) is 4. The highest BCUT2D eigenvalue weighted by molar-refractivity contribution is 5.98. The van der Waals surface area contributed by atoms with Crippen LogP contribution in [0.2, 0.25) is 0 Å². The maximum atomic E-state index is 13.4. The van der Waals surface area contributed by atoms with Crippen LogP contribution in [0.4, 0.5) is 13.2 Å². The van der Waals surface area contributed by atoms with Gasteiger partial charge in [0.25, 0.3) is 5.91 Å². The van der Waals surface area contributed by atoms with E-state index in [1.165, 1.54) is 24.1 Å². The Balaban J connectivity index is 1.93. The molecule has 1 aliphatic carbocycles. The molecule has 1 aromatic carbocycles. The number of methoxy groups -OCH3 is 1. The third-order valence-electron chi connectivity index (χ3n) is 5.76. The molecule has 3 rings (SSSR count). The molecule has 1 heterocycles. The average molecular weight is 428 g/mol. The maximum Gasteiger partial charge on any atom is 0.416 e. The van der Waals surface area contributed by atoms with Crippen LogP contribution in [-0.4, -0.2) is 55.3 Å². The van der Waals surface area contributed by atoms with E-state index in [2.05, 4.69) is 5.32 Å². The number of carbonyl (C=O) groups excluding carboxylic acids is 2. The van der Waals surface area contributed by atoms with Gasteiger partial charge in [-0.05, 0) is 43.4 Å². The largest absolute Gasteiger partial charge is 0.416 e. The zero-order chi connectivity index (χ0) is 21.9. The van der Waals surface area contributed by atoms with E-state index in [1.807, 2.05) is 6.92 Å². The minimum Gasteiger partial charge on any atom is -0.383 e. The summed E-state index contributed by atoms with van der Waals surface area (Å²) >= 11 is 0. The molecule has 1 saturated heterocycles. The predicted molar refractivity (Wildman–Crippen MR) is 103 cm³/mol. The number of alkyl halides is 3. The van der Waals surface area contributed by atoms with E-state index in [0.717, 1.165) is 25.0 Å². The molecule has 1 aromatic rings. The van der Waals surface area contributed by atoms with Crippen molar-refractivity contribution in [1.29, 1.82) is 0 Å². The van der Waals surface area contributed by atoms with E-state index in [-0.39, 0.29) is 24.6 Å². The predicted octanol–water partition coefficient (Wildman–Crippen LogP) is 3.22. The van der Waals surface area contributed by atoms with Gasteiger partial charge in [-0.25, -0.2) is 0 Å². The van der Waals surface area contributed by atoms with Crippen LogP contribution < -0.4 is 5.32 Å². The lowest BCUT2D eigenvalue weighted by atomic mass is 9.83. The summed E-state index contributed by atoms with van der Waals surface area (Å²) in [6, 6.07) is 3.40. The van der Waals surface area contributed by atoms with Gasteiger partial charge in [0.15, 0.2) is 0 Å². The molecule has 166 valence electrons. The Morgan fingerprint density at radius 3 is 2.80 bits per heavy atom. The lowest BCUT2D eigenvalue weighted by Crippen LogP contribution is -2.57. The summed E-state index contributed by atoms with van der Waals surface area (Å²) in [7, 11) is 1.51. The minimum atomic E-state index is -4.56. The molecule has 30 heavy (non-hydrogen) atoms. The van der Waals surface area contributed by atoms with Gasteiger partial charge in [0.2, 0.25) is 5.91 Å². The van der Waals surface area contributed by atoms with Gasteiger partial charge >= 0.3 is 6.18 Å². The maximum absolute atomic E-state index is 13.4. The van der Waals surface area contributed by atoms with Crippen LogP contribution in [0, 0.1) is 5.92 Å². The van der Waals surface area contributed by atoms with Crippen molar-refractivity contribution in [3.05, 3.63) is 35.4 Å². The van der Waals surface area contributed by atoms with Crippen molar-refractivity contribution >= 4 is 11.8 Å². The number of nitrogens with one attached hydrogen (secondary N) is 1. The van der Waals surface area contributed by atoms with Crippen LogP contribution in [0.1, 0.15) is 48.5 Å². The van der Waals surface area contributed by atoms with Crippen molar-refractivity contribution < 1.29 is 32.2 Å². The van der Waals surface area contributed by atoms with Crippen LogP contribution >= 0.6 is 0 Å². The number of benzene rings is 1. The van der Waals surface area contributed by atoms with Crippen LogP contribution in [-0.2, 0) is 20.4 Å². The molecule has 3 atom stereocenters. The molecule has 1 spiro atoms. The summed E-state index contributed by atoms with van der Waals surface area (Å²) in [5, 5.41) is 2.71. The van der Waals surface area contributed by atoms with Gasteiger partial charge in [0.1, 0.15) is 11.8 Å². The SMILES string of the molecule is COCCNC(=O)[C@@H]1CO[C@@]2(CCC[C@H](C)C2)N1C(=O)c1cccc(C(F)(F)F)c1. The van der Waals surface area contributed by atoms with Crippen molar-refractivity contribution in [1.82, 2.24) is 10.2 Å². The Morgan fingerprint density at radius 1 is 1.37 bits per heavy atom. The smallest absolute Gasteiger partial charge is 0.383 e. The molecule has 1 saturated carbocycles. The average Bonchev–Trinajstić information content (AvgIpc) is 3.05. The standard InChI is InChI=1S/C21H27F3N2O4/c1-14-5-4-8-20(12-14)26(17(13-30-20)18(27)25-9-10-29-2)19(28)15-6-3-7-16(11-15)21(22,23)24/h3,6-7,11,14,17H,4-5,8-10,12-13H2,1-2H3,(H,25,27)/t14-,17-,20+/m0/s1. The Kier molecular flexibility index (Phi) is 6.71. The first-order valence-corrected chi connectivity index (χ1v) is 10.1. The molecule has 0 aromatic heterocycles. The quantitative estimate of drug-likeness (QED) is 0.732. The van der Waals surface area contributed by atoms with Crippen molar-refractivity contribution in [2.75, 3.05) is 26.9 Å². The molecule has 1 aliphatic heterocycles. The number of nitrogens with zero attached hydrogens (tertiary/aromatic N) is 1. The van der Waals surface area contributed by atoms with E-state index in [4.69, 9.17) is 9.47 Å². The van der Waals surface area contributed by atoms with Gasteiger partial charge in [-0.1, -0.05) is 19.4 Å². The fourth-order valence-electron chi connectivity index (χ4n) is 4.37. The van der Waals surface area contributed by atoms with Gasteiger partial charge < -0.3 is 14.8 Å². The number of halogens is 3. The summed E-state index contributed by atoms with van der Waals surface area (Å²) < 4.78 is 50.5. The first kappa shape index (κ1) is 22.6. The zero-order valence-corrected chi connectivity index (χ0v) is 17.1. The topological polar surface area (TPSA) is 67.9 Å². The lowest BCUT2D eigenvalue weighted by Gasteiger charge is -2.43. The van der Waals surface area contributed by atoms with Crippen molar-refractivity contribution in [2.45, 2.75) is 50.6 Å². The van der Waals surface area contributed by atoms with Crippen LogP contribution in [0.15, 0.2) is 24.3 Å². The second-order valence-electron chi connectivity index (χ2n) is 8.01. The molecular weight excluding hydrogens is 401 g/mol. The van der Waals surface area contributed by atoms with Crippen LogP contribution in [0.3, 0.4) is 0 Å². The molecule has 1 N–H and O–H groups in total. The van der Waals surface area contributed by atoms with Crippen LogP contribution in [0.5, 0.6) is 0 Å². The van der Waals surface area contributed by atoms with Gasteiger partial charge in [-0.3, -0.25) is 14.5 Å². The molecule has 2 fully saturated rings. The number of carbonyl (C=O) groups is 2. The lowest BCUT2D eigenvalue weighted by molar-refractivity contribution is -0.137. The third-order valence-corrected chi connectivity index (χ3v) is 5.76. The summed E-state index contributed by atoms with van der Waals surface area (Å²) in [5.74, 6) is -0.757. The fraction of sp³-hybridized carbons (Fsp3) is 0.619. The number of rotatable bonds is 5. The van der Waals surface area contributed by atoms with Gasteiger partial charge in [-0.15, -0.1) is 0 Å².